The van der Waals surface area contributed by atoms with E-state index in [2.05, 4.69) is 16.0 Å². The normalized spacial score (nSPS) is 18.8. The van der Waals surface area contributed by atoms with Gasteiger partial charge < -0.3 is 20.7 Å². The van der Waals surface area contributed by atoms with Crippen molar-refractivity contribution >= 4 is 23.8 Å². The van der Waals surface area contributed by atoms with Crippen molar-refractivity contribution in [2.45, 2.75) is 26.3 Å². The molecular formula is C19H26N4O5. The Balaban J connectivity index is 1.93. The fourth-order valence-corrected chi connectivity index (χ4v) is 2.75. The minimum atomic E-state index is -1.26. The number of carbonyl (C=O) groups excluding carboxylic acids is 4. The summed E-state index contributed by atoms with van der Waals surface area (Å²) >= 11 is 0. The Labute approximate surface area is 163 Å². The molecule has 0 saturated carbocycles. The number of ether oxygens (including phenoxy) is 1. The molecule has 1 aromatic carbocycles. The number of amides is 5. The first kappa shape index (κ1) is 21.2. The van der Waals surface area contributed by atoms with Gasteiger partial charge in [-0.3, -0.25) is 19.3 Å². The number of carbonyl (C=O) groups is 4. The molecular weight excluding hydrogens is 364 g/mol. The monoisotopic (exact) mass is 390 g/mol. The lowest BCUT2D eigenvalue weighted by atomic mass is 9.92. The van der Waals surface area contributed by atoms with Crippen molar-refractivity contribution in [3.05, 3.63) is 29.8 Å². The second-order valence-electron chi connectivity index (χ2n) is 6.97. The van der Waals surface area contributed by atoms with Gasteiger partial charge in [0, 0.05) is 19.0 Å². The van der Waals surface area contributed by atoms with Crippen LogP contribution in [0.25, 0.3) is 0 Å². The third kappa shape index (κ3) is 4.59. The van der Waals surface area contributed by atoms with Crippen LogP contribution in [0.5, 0.6) is 5.75 Å². The maximum Gasteiger partial charge on any atom is 0.325 e. The summed E-state index contributed by atoms with van der Waals surface area (Å²) in [6.07, 6.45) is 0. The van der Waals surface area contributed by atoms with Gasteiger partial charge in [0.15, 0.2) is 0 Å². The van der Waals surface area contributed by atoms with Gasteiger partial charge >= 0.3 is 6.03 Å². The summed E-state index contributed by atoms with van der Waals surface area (Å²) in [6.45, 7) is 5.21. The van der Waals surface area contributed by atoms with Gasteiger partial charge in [0.05, 0.1) is 7.11 Å². The Morgan fingerprint density at radius 2 is 1.75 bits per heavy atom. The lowest BCUT2D eigenvalue weighted by Gasteiger charge is -2.22. The van der Waals surface area contributed by atoms with Crippen LogP contribution in [-0.2, 0) is 19.9 Å². The van der Waals surface area contributed by atoms with Gasteiger partial charge in [-0.2, -0.15) is 0 Å². The van der Waals surface area contributed by atoms with Gasteiger partial charge in [-0.05, 0) is 24.6 Å². The second kappa shape index (κ2) is 8.73. The first-order chi connectivity index (χ1) is 13.2. The number of nitrogens with zero attached hydrogens (tertiary/aromatic N) is 1. The third-order valence-electron chi connectivity index (χ3n) is 4.51. The highest BCUT2D eigenvalue weighted by molar-refractivity contribution is 6.09. The molecule has 0 bridgehead atoms. The molecule has 0 radical (unpaired) electrons. The minimum absolute atomic E-state index is 0.112. The minimum Gasteiger partial charge on any atom is -0.497 e. The van der Waals surface area contributed by atoms with Crippen LogP contribution in [0.3, 0.4) is 0 Å². The van der Waals surface area contributed by atoms with Crippen LogP contribution in [0, 0.1) is 5.92 Å². The third-order valence-corrected chi connectivity index (χ3v) is 4.51. The molecule has 0 aromatic heterocycles. The highest BCUT2D eigenvalue weighted by atomic mass is 16.5. The maximum atomic E-state index is 12.8. The molecule has 0 aliphatic carbocycles. The maximum absolute atomic E-state index is 12.8. The summed E-state index contributed by atoms with van der Waals surface area (Å²) in [5, 5.41) is 7.90. The Hall–Kier alpha value is -3.10. The Morgan fingerprint density at radius 1 is 1.14 bits per heavy atom. The SMILES string of the molecule is COc1ccc([C@]2(C)NC(=O)N(CC(=O)NCCNC(=O)C(C)C)C2=O)cc1. The van der Waals surface area contributed by atoms with E-state index in [1.54, 1.807) is 45.0 Å². The molecule has 9 nitrogen and oxygen atoms in total. The van der Waals surface area contributed by atoms with Crippen molar-refractivity contribution in [1.82, 2.24) is 20.9 Å². The molecule has 1 aliphatic rings. The average molecular weight is 390 g/mol. The van der Waals surface area contributed by atoms with Crippen LogP contribution in [0.15, 0.2) is 24.3 Å². The zero-order chi connectivity index (χ0) is 20.9. The van der Waals surface area contributed by atoms with E-state index in [1.165, 1.54) is 7.11 Å². The molecule has 28 heavy (non-hydrogen) atoms. The zero-order valence-corrected chi connectivity index (χ0v) is 16.5. The van der Waals surface area contributed by atoms with E-state index < -0.39 is 29.9 Å². The zero-order valence-electron chi connectivity index (χ0n) is 16.5. The Kier molecular flexibility index (Phi) is 6.61. The van der Waals surface area contributed by atoms with Gasteiger partial charge in [-0.1, -0.05) is 26.0 Å². The van der Waals surface area contributed by atoms with Crippen LogP contribution < -0.4 is 20.7 Å². The van der Waals surface area contributed by atoms with Crippen molar-refractivity contribution in [3.63, 3.8) is 0 Å². The second-order valence-corrected chi connectivity index (χ2v) is 6.97. The molecule has 1 atom stereocenters. The number of rotatable bonds is 8. The van der Waals surface area contributed by atoms with Gasteiger partial charge in [0.1, 0.15) is 17.8 Å². The molecule has 0 unspecified atom stereocenters. The number of imide groups is 1. The average Bonchev–Trinajstić information content (AvgIpc) is 2.89. The lowest BCUT2D eigenvalue weighted by Crippen LogP contribution is -2.44. The first-order valence-corrected chi connectivity index (χ1v) is 9.02. The van der Waals surface area contributed by atoms with Crippen molar-refractivity contribution in [2.75, 3.05) is 26.7 Å². The van der Waals surface area contributed by atoms with Gasteiger partial charge in [-0.25, -0.2) is 4.79 Å². The largest absolute Gasteiger partial charge is 0.497 e. The predicted molar refractivity (Wildman–Crippen MR) is 101 cm³/mol. The molecule has 1 saturated heterocycles. The van der Waals surface area contributed by atoms with Gasteiger partial charge in [0.2, 0.25) is 11.8 Å². The van der Waals surface area contributed by atoms with Crippen LogP contribution in [0.1, 0.15) is 26.3 Å². The summed E-state index contributed by atoms with van der Waals surface area (Å²) in [7, 11) is 1.54. The lowest BCUT2D eigenvalue weighted by molar-refractivity contribution is -0.134. The predicted octanol–water partition coefficient (Wildman–Crippen LogP) is 0.351. The number of methoxy groups -OCH3 is 1. The standard InChI is InChI=1S/C19H26N4O5/c1-12(2)16(25)21-10-9-20-15(24)11-23-17(26)19(3,22-18(23)27)13-5-7-14(28-4)8-6-13/h5-8,12H,9-11H2,1-4H3,(H,20,24)(H,21,25)(H,22,27)/t19-/m0/s1. The first-order valence-electron chi connectivity index (χ1n) is 9.02. The van der Waals surface area contributed by atoms with Crippen molar-refractivity contribution in [2.24, 2.45) is 5.92 Å². The van der Waals surface area contributed by atoms with Crippen LogP contribution in [0.4, 0.5) is 4.79 Å². The van der Waals surface area contributed by atoms with E-state index in [0.717, 1.165) is 4.90 Å². The summed E-state index contributed by atoms with van der Waals surface area (Å²) in [6, 6.07) is 6.14. The van der Waals surface area contributed by atoms with Crippen LogP contribution >= 0.6 is 0 Å². The van der Waals surface area contributed by atoms with E-state index in [9.17, 15) is 19.2 Å². The number of urea groups is 1. The number of hydrogen-bond donors (Lipinski definition) is 3. The molecule has 1 heterocycles. The number of nitrogens with one attached hydrogen (secondary N) is 3. The quantitative estimate of drug-likeness (QED) is 0.437. The topological polar surface area (TPSA) is 117 Å². The van der Waals surface area contributed by atoms with Crippen molar-refractivity contribution in [1.29, 1.82) is 0 Å². The Morgan fingerprint density at radius 3 is 2.32 bits per heavy atom. The molecule has 1 aromatic rings. The molecule has 1 aliphatic heterocycles. The number of benzene rings is 1. The Bertz CT molecular complexity index is 762. The van der Waals surface area contributed by atoms with E-state index in [1.807, 2.05) is 0 Å². The smallest absolute Gasteiger partial charge is 0.325 e. The molecule has 152 valence electrons. The molecule has 2 rings (SSSR count). The van der Waals surface area contributed by atoms with Crippen LogP contribution in [-0.4, -0.2) is 55.4 Å². The summed E-state index contributed by atoms with van der Waals surface area (Å²) in [5.41, 5.74) is -0.666. The molecule has 0 spiro atoms. The summed E-state index contributed by atoms with van der Waals surface area (Å²) in [4.78, 5) is 49.5. The highest BCUT2D eigenvalue weighted by Gasteiger charge is 2.49. The van der Waals surface area contributed by atoms with E-state index in [4.69, 9.17) is 4.74 Å². The summed E-state index contributed by atoms with van der Waals surface area (Å²) < 4.78 is 5.10. The van der Waals surface area contributed by atoms with Crippen molar-refractivity contribution in [3.8, 4) is 5.75 Å². The van der Waals surface area contributed by atoms with Gasteiger partial charge in [0.25, 0.3) is 5.91 Å². The highest BCUT2D eigenvalue weighted by Crippen LogP contribution is 2.29. The summed E-state index contributed by atoms with van der Waals surface area (Å²) in [5.74, 6) is -0.618. The van der Waals surface area contributed by atoms with Gasteiger partial charge in [-0.15, -0.1) is 0 Å². The fraction of sp³-hybridized carbons (Fsp3) is 0.474. The van der Waals surface area contributed by atoms with E-state index in [0.29, 0.717) is 11.3 Å². The van der Waals surface area contributed by atoms with E-state index in [-0.39, 0.29) is 24.9 Å². The molecule has 1 fully saturated rings. The molecule has 3 N–H and O–H groups in total. The fourth-order valence-electron chi connectivity index (χ4n) is 2.75. The molecule has 9 heteroatoms. The van der Waals surface area contributed by atoms with E-state index >= 15 is 0 Å². The van der Waals surface area contributed by atoms with Crippen LogP contribution in [0.2, 0.25) is 0 Å². The number of hydrogen-bond acceptors (Lipinski definition) is 5. The van der Waals surface area contributed by atoms with Crippen molar-refractivity contribution < 1.29 is 23.9 Å². The molecule has 5 amide bonds.